The largest absolute Gasteiger partial charge is 0.326 e. The highest BCUT2D eigenvalue weighted by Gasteiger charge is 2.25. The van der Waals surface area contributed by atoms with Crippen LogP contribution < -0.4 is 5.32 Å². The van der Waals surface area contributed by atoms with Crippen molar-refractivity contribution in [2.45, 2.75) is 26.3 Å². The second-order valence-corrected chi connectivity index (χ2v) is 7.94. The van der Waals surface area contributed by atoms with Crippen molar-refractivity contribution in [3.8, 4) is 0 Å². The highest BCUT2D eigenvalue weighted by atomic mass is 79.9. The van der Waals surface area contributed by atoms with Crippen molar-refractivity contribution in [1.29, 1.82) is 0 Å². The number of piperidine rings is 1. The molecule has 1 unspecified atom stereocenters. The van der Waals surface area contributed by atoms with Gasteiger partial charge in [-0.25, -0.2) is 0 Å². The van der Waals surface area contributed by atoms with E-state index >= 15 is 0 Å². The highest BCUT2D eigenvalue weighted by Crippen LogP contribution is 2.23. The monoisotopic (exact) mass is 420 g/mol. The molecule has 0 aromatic heterocycles. The zero-order valence-corrected chi connectivity index (χ0v) is 16.6. The molecule has 1 heterocycles. The van der Waals surface area contributed by atoms with Crippen LogP contribution in [0.25, 0.3) is 0 Å². The number of aryl methyl sites for hydroxylation is 1. The first-order valence-electron chi connectivity index (χ1n) is 8.55. The van der Waals surface area contributed by atoms with Crippen molar-refractivity contribution in [2.75, 3.05) is 18.4 Å². The summed E-state index contributed by atoms with van der Waals surface area (Å²) in [5.41, 5.74) is 3.21. The topological polar surface area (TPSA) is 32.3 Å². The molecule has 3 nitrogen and oxygen atoms in total. The second-order valence-electron chi connectivity index (χ2n) is 6.65. The molecule has 1 saturated heterocycles. The summed E-state index contributed by atoms with van der Waals surface area (Å²) in [5.74, 6) is 0.146. The molecule has 0 saturated carbocycles. The molecule has 25 heavy (non-hydrogen) atoms. The van der Waals surface area contributed by atoms with Gasteiger partial charge in [0.15, 0.2) is 0 Å². The molecule has 2 aromatic carbocycles. The Bertz CT molecular complexity index is 748. The van der Waals surface area contributed by atoms with E-state index in [0.29, 0.717) is 0 Å². The lowest BCUT2D eigenvalue weighted by Crippen LogP contribution is -2.40. The van der Waals surface area contributed by atoms with Gasteiger partial charge < -0.3 is 5.32 Å². The summed E-state index contributed by atoms with van der Waals surface area (Å²) in [7, 11) is 0. The summed E-state index contributed by atoms with van der Waals surface area (Å²) < 4.78 is 1.05. The molecular weight excluding hydrogens is 400 g/mol. The van der Waals surface area contributed by atoms with Crippen LogP contribution in [0.15, 0.2) is 46.9 Å². The van der Waals surface area contributed by atoms with Crippen LogP contribution in [0.1, 0.15) is 24.0 Å². The maximum Gasteiger partial charge on any atom is 0.228 e. The van der Waals surface area contributed by atoms with Gasteiger partial charge in [-0.2, -0.15) is 0 Å². The average Bonchev–Trinajstić information content (AvgIpc) is 2.60. The van der Waals surface area contributed by atoms with E-state index in [1.54, 1.807) is 0 Å². The fourth-order valence-corrected chi connectivity index (χ4v) is 3.60. The van der Waals surface area contributed by atoms with Crippen molar-refractivity contribution in [1.82, 2.24) is 4.90 Å². The first kappa shape index (κ1) is 18.4. The van der Waals surface area contributed by atoms with Crippen molar-refractivity contribution >= 4 is 39.1 Å². The third kappa shape index (κ3) is 5.06. The fraction of sp³-hybridized carbons (Fsp3) is 0.350. The van der Waals surface area contributed by atoms with Crippen LogP contribution in [-0.2, 0) is 11.3 Å². The number of halogens is 2. The Hall–Kier alpha value is -1.36. The first-order chi connectivity index (χ1) is 12.0. The van der Waals surface area contributed by atoms with Crippen LogP contribution in [0.4, 0.5) is 5.69 Å². The minimum absolute atomic E-state index is 0.0324. The predicted molar refractivity (Wildman–Crippen MR) is 107 cm³/mol. The molecule has 1 N–H and O–H groups in total. The van der Waals surface area contributed by atoms with Crippen LogP contribution >= 0.6 is 27.5 Å². The molecule has 0 aliphatic carbocycles. The van der Waals surface area contributed by atoms with Gasteiger partial charge >= 0.3 is 0 Å². The number of carbonyl (C=O) groups is 1. The fourth-order valence-electron chi connectivity index (χ4n) is 3.23. The maximum absolute atomic E-state index is 12.6. The van der Waals surface area contributed by atoms with E-state index in [4.69, 9.17) is 11.6 Å². The summed E-state index contributed by atoms with van der Waals surface area (Å²) in [6.45, 7) is 4.71. The lowest BCUT2D eigenvalue weighted by Gasteiger charge is -2.32. The molecule has 0 bridgehead atoms. The lowest BCUT2D eigenvalue weighted by molar-refractivity contribution is -0.121. The summed E-state index contributed by atoms with van der Waals surface area (Å²) in [6.07, 6.45) is 1.99. The van der Waals surface area contributed by atoms with E-state index < -0.39 is 0 Å². The van der Waals surface area contributed by atoms with Crippen LogP contribution in [0.3, 0.4) is 0 Å². The van der Waals surface area contributed by atoms with E-state index in [0.717, 1.165) is 53.2 Å². The first-order valence-corrected chi connectivity index (χ1v) is 9.72. The summed E-state index contributed by atoms with van der Waals surface area (Å²) in [4.78, 5) is 15.0. The van der Waals surface area contributed by atoms with Crippen LogP contribution in [0, 0.1) is 12.8 Å². The molecule has 0 radical (unpaired) electrons. The Kier molecular flexibility index (Phi) is 6.15. The third-order valence-corrected chi connectivity index (χ3v) is 5.76. The number of carbonyl (C=O) groups excluding carboxylic acids is 1. The molecule has 1 aliphatic rings. The zero-order valence-electron chi connectivity index (χ0n) is 14.3. The Morgan fingerprint density at radius 2 is 2.04 bits per heavy atom. The van der Waals surface area contributed by atoms with E-state index in [1.807, 2.05) is 37.3 Å². The van der Waals surface area contributed by atoms with Crippen LogP contribution in [0.2, 0.25) is 5.02 Å². The molecule has 5 heteroatoms. The van der Waals surface area contributed by atoms with Gasteiger partial charge in [-0.3, -0.25) is 9.69 Å². The maximum atomic E-state index is 12.6. The summed E-state index contributed by atoms with van der Waals surface area (Å²) >= 11 is 9.44. The van der Waals surface area contributed by atoms with E-state index in [-0.39, 0.29) is 11.8 Å². The van der Waals surface area contributed by atoms with Gasteiger partial charge in [0.25, 0.3) is 0 Å². The molecule has 1 aliphatic heterocycles. The van der Waals surface area contributed by atoms with E-state index in [2.05, 4.69) is 38.3 Å². The molecule has 3 rings (SSSR count). The van der Waals surface area contributed by atoms with Gasteiger partial charge in [-0.1, -0.05) is 39.7 Å². The standard InChI is InChI=1S/C20H22BrClN2O/c1-14-11-18(8-9-19(14)21)23-20(25)16-3-2-10-24(13-16)12-15-4-6-17(22)7-5-15/h4-9,11,16H,2-3,10,12-13H2,1H3,(H,23,25). The molecule has 1 atom stereocenters. The normalized spacial score (nSPS) is 18.1. The molecule has 132 valence electrons. The highest BCUT2D eigenvalue weighted by molar-refractivity contribution is 9.10. The molecule has 0 spiro atoms. The molecular formula is C20H22BrClN2O. The SMILES string of the molecule is Cc1cc(NC(=O)C2CCCN(Cc3ccc(Cl)cc3)C2)ccc1Br. The third-order valence-electron chi connectivity index (χ3n) is 4.62. The van der Waals surface area contributed by atoms with Crippen LogP contribution in [0.5, 0.6) is 0 Å². The Balaban J connectivity index is 1.59. The van der Waals surface area contributed by atoms with Gasteiger partial charge in [0.2, 0.25) is 5.91 Å². The van der Waals surface area contributed by atoms with Crippen molar-refractivity contribution < 1.29 is 4.79 Å². The zero-order chi connectivity index (χ0) is 17.8. The number of anilines is 1. The summed E-state index contributed by atoms with van der Waals surface area (Å²) in [6, 6.07) is 13.8. The smallest absolute Gasteiger partial charge is 0.228 e. The number of likely N-dealkylation sites (tertiary alicyclic amines) is 1. The minimum atomic E-state index is 0.0324. The number of nitrogens with one attached hydrogen (secondary N) is 1. The quantitative estimate of drug-likeness (QED) is 0.730. The number of rotatable bonds is 4. The minimum Gasteiger partial charge on any atom is -0.326 e. The molecule has 1 amide bonds. The Labute approximate surface area is 162 Å². The Morgan fingerprint density at radius 3 is 2.76 bits per heavy atom. The van der Waals surface area contributed by atoms with Gasteiger partial charge in [0.05, 0.1) is 5.92 Å². The number of amides is 1. The number of benzene rings is 2. The van der Waals surface area contributed by atoms with Gasteiger partial charge in [0.1, 0.15) is 0 Å². The van der Waals surface area contributed by atoms with Gasteiger partial charge in [-0.05, 0) is 67.8 Å². The predicted octanol–water partition coefficient (Wildman–Crippen LogP) is 5.26. The van der Waals surface area contributed by atoms with E-state index in [9.17, 15) is 4.79 Å². The van der Waals surface area contributed by atoms with Crippen molar-refractivity contribution in [2.24, 2.45) is 5.92 Å². The van der Waals surface area contributed by atoms with Gasteiger partial charge in [0, 0.05) is 28.3 Å². The van der Waals surface area contributed by atoms with Crippen molar-refractivity contribution in [3.05, 3.63) is 63.1 Å². The van der Waals surface area contributed by atoms with Crippen LogP contribution in [-0.4, -0.2) is 23.9 Å². The number of hydrogen-bond acceptors (Lipinski definition) is 2. The lowest BCUT2D eigenvalue weighted by atomic mass is 9.96. The summed E-state index contributed by atoms with van der Waals surface area (Å²) in [5, 5.41) is 3.82. The van der Waals surface area contributed by atoms with E-state index in [1.165, 1.54) is 5.56 Å². The molecule has 1 fully saturated rings. The second kappa shape index (κ2) is 8.35. The van der Waals surface area contributed by atoms with Gasteiger partial charge in [-0.15, -0.1) is 0 Å². The average molecular weight is 422 g/mol. The molecule has 2 aromatic rings. The Morgan fingerprint density at radius 1 is 1.28 bits per heavy atom. The number of hydrogen-bond donors (Lipinski definition) is 1. The van der Waals surface area contributed by atoms with Crippen molar-refractivity contribution in [3.63, 3.8) is 0 Å². The number of nitrogens with zero attached hydrogens (tertiary/aromatic N) is 1.